The molecule has 0 heteroatoms. The SMILES string of the molecule is C=C1C=CC=C1C(C)C. The molecule has 0 aromatic carbocycles. The minimum Gasteiger partial charge on any atom is -0.0915 e. The molecule has 9 heavy (non-hydrogen) atoms. The fraction of sp³-hybridized carbons (Fsp3) is 0.333. The Kier molecular flexibility index (Phi) is 1.56. The van der Waals surface area contributed by atoms with Crippen LogP contribution < -0.4 is 0 Å². The molecule has 0 unspecified atom stereocenters. The molecule has 0 nitrogen and oxygen atoms in total. The van der Waals surface area contributed by atoms with Crippen molar-refractivity contribution in [3.05, 3.63) is 36.0 Å². The summed E-state index contributed by atoms with van der Waals surface area (Å²) in [4.78, 5) is 0. The van der Waals surface area contributed by atoms with E-state index < -0.39 is 0 Å². The van der Waals surface area contributed by atoms with Gasteiger partial charge in [-0.3, -0.25) is 0 Å². The summed E-state index contributed by atoms with van der Waals surface area (Å²) in [5.74, 6) is 0.618. The second-order valence-electron chi connectivity index (χ2n) is 2.66. The van der Waals surface area contributed by atoms with E-state index in [1.807, 2.05) is 0 Å². The average molecular weight is 120 g/mol. The van der Waals surface area contributed by atoms with Gasteiger partial charge in [0.25, 0.3) is 0 Å². The van der Waals surface area contributed by atoms with Crippen LogP contribution in [0.5, 0.6) is 0 Å². The van der Waals surface area contributed by atoms with Gasteiger partial charge in [-0.25, -0.2) is 0 Å². The summed E-state index contributed by atoms with van der Waals surface area (Å²) in [6, 6.07) is 0. The first-order valence-corrected chi connectivity index (χ1v) is 3.29. The van der Waals surface area contributed by atoms with Crippen LogP contribution in [-0.2, 0) is 0 Å². The predicted molar refractivity (Wildman–Crippen MR) is 41.2 cm³/mol. The first-order valence-electron chi connectivity index (χ1n) is 3.29. The van der Waals surface area contributed by atoms with Crippen molar-refractivity contribution in [2.24, 2.45) is 5.92 Å². The van der Waals surface area contributed by atoms with Gasteiger partial charge in [0.15, 0.2) is 0 Å². The fourth-order valence-electron chi connectivity index (χ4n) is 1.03. The summed E-state index contributed by atoms with van der Waals surface area (Å²) in [6.45, 7) is 8.27. The molecule has 1 rings (SSSR count). The van der Waals surface area contributed by atoms with Crippen molar-refractivity contribution in [2.75, 3.05) is 0 Å². The smallest absolute Gasteiger partial charge is 0.0213 e. The van der Waals surface area contributed by atoms with Crippen LogP contribution in [0.4, 0.5) is 0 Å². The molecule has 1 aliphatic carbocycles. The number of allylic oxidation sites excluding steroid dienone is 5. The molecular weight excluding hydrogens is 108 g/mol. The van der Waals surface area contributed by atoms with Crippen molar-refractivity contribution < 1.29 is 0 Å². The van der Waals surface area contributed by atoms with E-state index in [4.69, 9.17) is 0 Å². The van der Waals surface area contributed by atoms with Gasteiger partial charge in [-0.05, 0) is 17.1 Å². The Bertz CT molecular complexity index is 180. The van der Waals surface area contributed by atoms with Crippen LogP contribution in [-0.4, -0.2) is 0 Å². The molecule has 0 amide bonds. The van der Waals surface area contributed by atoms with Gasteiger partial charge in [0.2, 0.25) is 0 Å². The quantitative estimate of drug-likeness (QED) is 0.499. The van der Waals surface area contributed by atoms with Crippen molar-refractivity contribution in [1.82, 2.24) is 0 Å². The Morgan fingerprint density at radius 3 is 2.33 bits per heavy atom. The maximum atomic E-state index is 3.90. The molecule has 0 atom stereocenters. The minimum atomic E-state index is 0.618. The maximum absolute atomic E-state index is 3.90. The van der Waals surface area contributed by atoms with Gasteiger partial charge in [0.05, 0.1) is 0 Å². The Morgan fingerprint density at radius 2 is 2.11 bits per heavy atom. The molecule has 0 aromatic rings. The molecule has 0 spiro atoms. The lowest BCUT2D eigenvalue weighted by Gasteiger charge is -2.05. The molecule has 0 fully saturated rings. The lowest BCUT2D eigenvalue weighted by atomic mass is 10.00. The molecule has 0 bridgehead atoms. The Hall–Kier alpha value is -0.780. The van der Waals surface area contributed by atoms with E-state index >= 15 is 0 Å². The van der Waals surface area contributed by atoms with Crippen LogP contribution in [0.15, 0.2) is 36.0 Å². The zero-order chi connectivity index (χ0) is 6.85. The van der Waals surface area contributed by atoms with E-state index in [2.05, 4.69) is 38.7 Å². The fourth-order valence-corrected chi connectivity index (χ4v) is 1.03. The van der Waals surface area contributed by atoms with E-state index in [1.165, 1.54) is 11.1 Å². The van der Waals surface area contributed by atoms with Gasteiger partial charge in [-0.2, -0.15) is 0 Å². The summed E-state index contributed by atoms with van der Waals surface area (Å²) in [6.07, 6.45) is 6.24. The normalized spacial score (nSPS) is 17.2. The number of hydrogen-bond acceptors (Lipinski definition) is 0. The van der Waals surface area contributed by atoms with Crippen LogP contribution in [0.3, 0.4) is 0 Å². The van der Waals surface area contributed by atoms with Gasteiger partial charge in [-0.1, -0.05) is 38.7 Å². The first-order chi connectivity index (χ1) is 4.22. The lowest BCUT2D eigenvalue weighted by Crippen LogP contribution is -1.91. The molecular formula is C9H12. The molecule has 0 saturated heterocycles. The first kappa shape index (κ1) is 6.34. The topological polar surface area (TPSA) is 0 Å². The zero-order valence-electron chi connectivity index (χ0n) is 6.02. The van der Waals surface area contributed by atoms with Crippen LogP contribution in [0.1, 0.15) is 13.8 Å². The maximum Gasteiger partial charge on any atom is -0.0213 e. The van der Waals surface area contributed by atoms with Crippen molar-refractivity contribution in [3.8, 4) is 0 Å². The molecule has 48 valence electrons. The summed E-state index contributed by atoms with van der Waals surface area (Å²) in [7, 11) is 0. The molecule has 0 saturated carbocycles. The lowest BCUT2D eigenvalue weighted by molar-refractivity contribution is 0.787. The standard InChI is InChI=1S/C9H12/c1-7(2)9-6-4-5-8(9)3/h4-7H,3H2,1-2H3. The molecule has 0 radical (unpaired) electrons. The molecule has 1 aliphatic rings. The Labute approximate surface area is 56.6 Å². The molecule has 0 aliphatic heterocycles. The highest BCUT2D eigenvalue weighted by Crippen LogP contribution is 2.23. The second kappa shape index (κ2) is 2.22. The third-order valence-corrected chi connectivity index (χ3v) is 1.57. The van der Waals surface area contributed by atoms with E-state index in [0.29, 0.717) is 5.92 Å². The van der Waals surface area contributed by atoms with Crippen LogP contribution in [0.25, 0.3) is 0 Å². The van der Waals surface area contributed by atoms with Gasteiger partial charge in [-0.15, -0.1) is 0 Å². The van der Waals surface area contributed by atoms with E-state index in [-0.39, 0.29) is 0 Å². The van der Waals surface area contributed by atoms with Gasteiger partial charge >= 0.3 is 0 Å². The number of rotatable bonds is 1. The molecule has 0 aromatic heterocycles. The van der Waals surface area contributed by atoms with Crippen molar-refractivity contribution in [1.29, 1.82) is 0 Å². The molecule has 0 N–H and O–H groups in total. The van der Waals surface area contributed by atoms with Crippen molar-refractivity contribution in [3.63, 3.8) is 0 Å². The predicted octanol–water partition coefficient (Wildman–Crippen LogP) is 2.69. The zero-order valence-corrected chi connectivity index (χ0v) is 6.02. The minimum absolute atomic E-state index is 0.618. The van der Waals surface area contributed by atoms with E-state index in [9.17, 15) is 0 Å². The summed E-state index contributed by atoms with van der Waals surface area (Å²) >= 11 is 0. The van der Waals surface area contributed by atoms with E-state index in [1.54, 1.807) is 0 Å². The van der Waals surface area contributed by atoms with Crippen molar-refractivity contribution in [2.45, 2.75) is 13.8 Å². The van der Waals surface area contributed by atoms with Gasteiger partial charge in [0, 0.05) is 0 Å². The third-order valence-electron chi connectivity index (χ3n) is 1.57. The largest absolute Gasteiger partial charge is 0.0915 e. The second-order valence-corrected chi connectivity index (χ2v) is 2.66. The van der Waals surface area contributed by atoms with Crippen molar-refractivity contribution >= 4 is 0 Å². The highest BCUT2D eigenvalue weighted by atomic mass is 14.1. The third kappa shape index (κ3) is 1.13. The Balaban J connectivity index is 2.76. The summed E-state index contributed by atoms with van der Waals surface area (Å²) in [5.41, 5.74) is 2.54. The van der Waals surface area contributed by atoms with Crippen LogP contribution >= 0.6 is 0 Å². The molecule has 0 heterocycles. The van der Waals surface area contributed by atoms with E-state index in [0.717, 1.165) is 0 Å². The summed E-state index contributed by atoms with van der Waals surface area (Å²) < 4.78 is 0. The number of hydrogen-bond donors (Lipinski definition) is 0. The highest BCUT2D eigenvalue weighted by Gasteiger charge is 2.06. The monoisotopic (exact) mass is 120 g/mol. The highest BCUT2D eigenvalue weighted by molar-refractivity contribution is 5.47. The van der Waals surface area contributed by atoms with Gasteiger partial charge < -0.3 is 0 Å². The Morgan fingerprint density at radius 1 is 1.44 bits per heavy atom. The van der Waals surface area contributed by atoms with Gasteiger partial charge in [0.1, 0.15) is 0 Å². The summed E-state index contributed by atoms with van der Waals surface area (Å²) in [5, 5.41) is 0. The van der Waals surface area contributed by atoms with Crippen LogP contribution in [0, 0.1) is 5.92 Å². The average Bonchev–Trinajstić information content (AvgIpc) is 2.13. The van der Waals surface area contributed by atoms with Crippen LogP contribution in [0.2, 0.25) is 0 Å².